The summed E-state index contributed by atoms with van der Waals surface area (Å²) >= 11 is 0. The van der Waals surface area contributed by atoms with E-state index in [2.05, 4.69) is 13.2 Å². The van der Waals surface area contributed by atoms with Gasteiger partial charge in [-0.1, -0.05) is 36.4 Å². The molecule has 0 saturated carbocycles. The summed E-state index contributed by atoms with van der Waals surface area (Å²) in [5.41, 5.74) is 1.71. The molecular formula is C16H22O2. The first kappa shape index (κ1) is 14.7. The van der Waals surface area contributed by atoms with E-state index in [0.717, 1.165) is 24.0 Å². The van der Waals surface area contributed by atoms with Crippen molar-refractivity contribution in [2.75, 3.05) is 0 Å². The Balaban J connectivity index is 2.71. The first-order valence-electron chi connectivity index (χ1n) is 6.36. The molecule has 1 aromatic carbocycles. The minimum Gasteiger partial charge on any atom is -0.388 e. The number of benzene rings is 1. The predicted molar refractivity (Wildman–Crippen MR) is 75.2 cm³/mol. The molecule has 0 aliphatic rings. The van der Waals surface area contributed by atoms with Crippen LogP contribution in [0.5, 0.6) is 0 Å². The molecule has 2 nitrogen and oxygen atoms in total. The molecule has 98 valence electrons. The number of hydrogen-bond acceptors (Lipinski definition) is 2. The highest BCUT2D eigenvalue weighted by atomic mass is 16.3. The summed E-state index contributed by atoms with van der Waals surface area (Å²) in [6, 6.07) is 7.52. The van der Waals surface area contributed by atoms with Crippen molar-refractivity contribution in [2.24, 2.45) is 0 Å². The lowest BCUT2D eigenvalue weighted by molar-refractivity contribution is 0.162. The van der Waals surface area contributed by atoms with Crippen LogP contribution < -0.4 is 0 Å². The first-order chi connectivity index (χ1) is 8.69. The standard InChI is InChI=1S/C16H22O2/c1-3-5-10-15(17)13-8-7-9-14(12-13)16(18)11-6-4-2/h3-4,7-9,12,15-18H,1-2,5-6,10-11H2. The van der Waals surface area contributed by atoms with Crippen LogP contribution >= 0.6 is 0 Å². The Morgan fingerprint density at radius 3 is 1.78 bits per heavy atom. The van der Waals surface area contributed by atoms with Gasteiger partial charge in [-0.05, 0) is 36.8 Å². The van der Waals surface area contributed by atoms with Crippen LogP contribution in [0.3, 0.4) is 0 Å². The monoisotopic (exact) mass is 246 g/mol. The van der Waals surface area contributed by atoms with Crippen LogP contribution in [0.1, 0.15) is 49.0 Å². The van der Waals surface area contributed by atoms with Crippen molar-refractivity contribution < 1.29 is 10.2 Å². The van der Waals surface area contributed by atoms with E-state index in [0.29, 0.717) is 12.8 Å². The molecule has 18 heavy (non-hydrogen) atoms. The van der Waals surface area contributed by atoms with Crippen LogP contribution in [0.15, 0.2) is 49.6 Å². The number of aliphatic hydroxyl groups is 2. The first-order valence-corrected chi connectivity index (χ1v) is 6.36. The Hall–Kier alpha value is -1.38. The lowest BCUT2D eigenvalue weighted by Gasteiger charge is -2.14. The summed E-state index contributed by atoms with van der Waals surface area (Å²) in [5, 5.41) is 20.0. The SMILES string of the molecule is C=CCCC(O)c1cccc(C(O)CCC=C)c1. The Morgan fingerprint density at radius 1 is 0.944 bits per heavy atom. The number of rotatable bonds is 8. The van der Waals surface area contributed by atoms with E-state index in [4.69, 9.17) is 0 Å². The van der Waals surface area contributed by atoms with Crippen LogP contribution in [0, 0.1) is 0 Å². The largest absolute Gasteiger partial charge is 0.388 e. The molecule has 0 fully saturated rings. The van der Waals surface area contributed by atoms with E-state index in [1.807, 2.05) is 24.3 Å². The molecule has 0 saturated heterocycles. The maximum Gasteiger partial charge on any atom is 0.0793 e. The van der Waals surface area contributed by atoms with Gasteiger partial charge in [0.15, 0.2) is 0 Å². The minimum atomic E-state index is -0.491. The molecule has 0 amide bonds. The third-order valence-corrected chi connectivity index (χ3v) is 2.97. The summed E-state index contributed by atoms with van der Waals surface area (Å²) < 4.78 is 0. The van der Waals surface area contributed by atoms with Crippen LogP contribution in [-0.2, 0) is 0 Å². The fraction of sp³-hybridized carbons (Fsp3) is 0.375. The molecule has 0 radical (unpaired) electrons. The summed E-state index contributed by atoms with van der Waals surface area (Å²) in [4.78, 5) is 0. The normalized spacial score (nSPS) is 13.9. The van der Waals surface area contributed by atoms with Gasteiger partial charge in [0.2, 0.25) is 0 Å². The van der Waals surface area contributed by atoms with Crippen LogP contribution in [0.2, 0.25) is 0 Å². The van der Waals surface area contributed by atoms with Gasteiger partial charge in [-0.25, -0.2) is 0 Å². The zero-order valence-electron chi connectivity index (χ0n) is 10.8. The second-order valence-electron chi connectivity index (χ2n) is 4.43. The molecule has 2 heteroatoms. The smallest absolute Gasteiger partial charge is 0.0793 e. The van der Waals surface area contributed by atoms with Crippen LogP contribution in [-0.4, -0.2) is 10.2 Å². The average molecular weight is 246 g/mol. The second kappa shape index (κ2) is 7.85. The zero-order valence-corrected chi connectivity index (χ0v) is 10.8. The molecule has 0 bridgehead atoms. The zero-order chi connectivity index (χ0) is 13.4. The molecule has 2 N–H and O–H groups in total. The third-order valence-electron chi connectivity index (χ3n) is 2.97. The topological polar surface area (TPSA) is 40.5 Å². The van der Waals surface area contributed by atoms with Crippen LogP contribution in [0.4, 0.5) is 0 Å². The maximum atomic E-state index is 9.99. The lowest BCUT2D eigenvalue weighted by atomic mass is 9.98. The van der Waals surface area contributed by atoms with Gasteiger partial charge in [0.25, 0.3) is 0 Å². The van der Waals surface area contributed by atoms with Gasteiger partial charge >= 0.3 is 0 Å². The molecule has 1 aromatic rings. The van der Waals surface area contributed by atoms with E-state index >= 15 is 0 Å². The Labute approximate surface area is 109 Å². The Kier molecular flexibility index (Phi) is 6.40. The molecule has 0 aliphatic heterocycles. The lowest BCUT2D eigenvalue weighted by Crippen LogP contribution is -2.01. The number of aliphatic hydroxyl groups excluding tert-OH is 2. The highest BCUT2D eigenvalue weighted by molar-refractivity contribution is 5.26. The van der Waals surface area contributed by atoms with Gasteiger partial charge in [-0.3, -0.25) is 0 Å². The highest BCUT2D eigenvalue weighted by Gasteiger charge is 2.11. The number of allylic oxidation sites excluding steroid dienone is 2. The Morgan fingerprint density at radius 2 is 1.39 bits per heavy atom. The molecule has 0 aliphatic carbocycles. The van der Waals surface area contributed by atoms with E-state index < -0.39 is 12.2 Å². The van der Waals surface area contributed by atoms with Gasteiger partial charge in [-0.15, -0.1) is 13.2 Å². The van der Waals surface area contributed by atoms with Crippen molar-refractivity contribution in [2.45, 2.75) is 37.9 Å². The van der Waals surface area contributed by atoms with Gasteiger partial charge in [0.1, 0.15) is 0 Å². The molecule has 1 rings (SSSR count). The molecule has 2 atom stereocenters. The van der Waals surface area contributed by atoms with Crippen molar-refractivity contribution in [3.63, 3.8) is 0 Å². The van der Waals surface area contributed by atoms with Crippen molar-refractivity contribution >= 4 is 0 Å². The molecule has 2 unspecified atom stereocenters. The fourth-order valence-corrected chi connectivity index (χ4v) is 1.86. The predicted octanol–water partition coefficient (Wildman–Crippen LogP) is 3.69. The summed E-state index contributed by atoms with van der Waals surface area (Å²) in [7, 11) is 0. The minimum absolute atomic E-state index is 0.491. The molecular weight excluding hydrogens is 224 g/mol. The van der Waals surface area contributed by atoms with Crippen molar-refractivity contribution in [3.05, 3.63) is 60.7 Å². The van der Waals surface area contributed by atoms with E-state index in [1.165, 1.54) is 0 Å². The van der Waals surface area contributed by atoms with E-state index in [1.54, 1.807) is 12.2 Å². The van der Waals surface area contributed by atoms with Gasteiger partial charge in [0.05, 0.1) is 12.2 Å². The van der Waals surface area contributed by atoms with Gasteiger partial charge < -0.3 is 10.2 Å². The van der Waals surface area contributed by atoms with Gasteiger partial charge in [-0.2, -0.15) is 0 Å². The number of hydrogen-bond donors (Lipinski definition) is 2. The third kappa shape index (κ3) is 4.47. The van der Waals surface area contributed by atoms with Crippen molar-refractivity contribution in [3.8, 4) is 0 Å². The quantitative estimate of drug-likeness (QED) is 0.687. The maximum absolute atomic E-state index is 9.99. The summed E-state index contributed by atoms with van der Waals surface area (Å²) in [5.74, 6) is 0. The van der Waals surface area contributed by atoms with Crippen molar-refractivity contribution in [1.82, 2.24) is 0 Å². The van der Waals surface area contributed by atoms with Crippen LogP contribution in [0.25, 0.3) is 0 Å². The average Bonchev–Trinajstić information content (AvgIpc) is 2.42. The highest BCUT2D eigenvalue weighted by Crippen LogP contribution is 2.24. The molecule has 0 spiro atoms. The van der Waals surface area contributed by atoms with E-state index in [9.17, 15) is 10.2 Å². The molecule has 0 aromatic heterocycles. The van der Waals surface area contributed by atoms with E-state index in [-0.39, 0.29) is 0 Å². The fourth-order valence-electron chi connectivity index (χ4n) is 1.86. The summed E-state index contributed by atoms with van der Waals surface area (Å²) in [6.45, 7) is 7.29. The second-order valence-corrected chi connectivity index (χ2v) is 4.43. The Bertz CT molecular complexity index is 351. The van der Waals surface area contributed by atoms with Gasteiger partial charge in [0, 0.05) is 0 Å². The summed E-state index contributed by atoms with van der Waals surface area (Å²) in [6.07, 6.45) is 5.50. The molecule has 0 heterocycles. The van der Waals surface area contributed by atoms with Crippen molar-refractivity contribution in [1.29, 1.82) is 0 Å².